The number of nitrogens with one attached hydrogen (secondary N) is 2. The van der Waals surface area contributed by atoms with E-state index in [1.54, 1.807) is 4.90 Å². The number of carboxylic acids is 1. The monoisotopic (exact) mass is 624 g/mol. The zero-order chi connectivity index (χ0) is 31.6. The van der Waals surface area contributed by atoms with Crippen molar-refractivity contribution in [1.29, 1.82) is 0 Å². The second-order valence-corrected chi connectivity index (χ2v) is 12.6. The lowest BCUT2D eigenvalue weighted by atomic mass is 10.0. The first-order chi connectivity index (χ1) is 21.7. The molecule has 1 aromatic rings. The lowest BCUT2D eigenvalue weighted by Crippen LogP contribution is -2.56. The molecule has 1 aromatic carbocycles. The second kappa shape index (κ2) is 13.1. The Balaban J connectivity index is 1.20. The average Bonchev–Trinajstić information content (AvgIpc) is 3.43. The minimum atomic E-state index is -1.45. The van der Waals surface area contributed by atoms with Crippen LogP contribution in [0.5, 0.6) is 0 Å². The third kappa shape index (κ3) is 6.77. The molecule has 0 radical (unpaired) electrons. The van der Waals surface area contributed by atoms with Gasteiger partial charge in [-0.1, -0.05) is 49.3 Å². The Morgan fingerprint density at radius 3 is 2.51 bits per heavy atom. The standard InChI is InChI=1S/C32H40N4O9/c37-27-26-14-24(45-31(42)35-16-20-8-6-7-9-21(20)17-35)18-36(26)28(38)25(33-30(41)44-23-12-13-43-19-23)11-5-3-1-2-4-10-22-15-32(22,34-27)29(39)40/h4,6-10,22-26H,1-3,5,11-19H2,(H,33,41)(H,34,37)(H,39,40)/b10-4-/t22-,23-,24+,25-,26-,32+/m0/s1. The van der Waals surface area contributed by atoms with E-state index < -0.39 is 59.8 Å². The first kappa shape index (κ1) is 30.9. The number of nitrogens with zero attached hydrogens (tertiary/aromatic N) is 2. The van der Waals surface area contributed by atoms with Crippen LogP contribution < -0.4 is 10.6 Å². The Labute approximate surface area is 261 Å². The third-order valence-corrected chi connectivity index (χ3v) is 9.44. The highest BCUT2D eigenvalue weighted by atomic mass is 16.6. The van der Waals surface area contributed by atoms with Gasteiger partial charge in [-0.15, -0.1) is 0 Å². The Kier molecular flexibility index (Phi) is 8.97. The molecule has 4 aliphatic heterocycles. The number of allylic oxidation sites excluding steroid dienone is 1. The zero-order valence-corrected chi connectivity index (χ0v) is 25.2. The van der Waals surface area contributed by atoms with Gasteiger partial charge in [0.05, 0.1) is 19.8 Å². The van der Waals surface area contributed by atoms with Gasteiger partial charge in [0.2, 0.25) is 11.8 Å². The summed E-state index contributed by atoms with van der Waals surface area (Å²) in [4.78, 5) is 69.0. The zero-order valence-electron chi connectivity index (χ0n) is 25.2. The number of benzene rings is 1. The van der Waals surface area contributed by atoms with Crippen molar-refractivity contribution in [3.8, 4) is 0 Å². The molecule has 242 valence electrons. The molecule has 3 fully saturated rings. The normalized spacial score (nSPS) is 32.2. The fourth-order valence-electron chi connectivity index (χ4n) is 6.76. The maximum atomic E-state index is 14.1. The molecule has 3 N–H and O–H groups in total. The maximum absolute atomic E-state index is 14.1. The molecule has 0 spiro atoms. The largest absolute Gasteiger partial charge is 0.479 e. The molecular weight excluding hydrogens is 584 g/mol. The van der Waals surface area contributed by atoms with E-state index in [9.17, 15) is 29.1 Å². The molecule has 6 atom stereocenters. The molecule has 4 heterocycles. The van der Waals surface area contributed by atoms with Crippen LogP contribution in [0.3, 0.4) is 0 Å². The number of alkyl carbamates (subject to hydrolysis) is 1. The van der Waals surface area contributed by atoms with Crippen molar-refractivity contribution in [1.82, 2.24) is 20.4 Å². The summed E-state index contributed by atoms with van der Waals surface area (Å²) in [6, 6.07) is 5.64. The van der Waals surface area contributed by atoms with Crippen LogP contribution in [0.4, 0.5) is 9.59 Å². The predicted octanol–water partition coefficient (Wildman–Crippen LogP) is 2.47. The molecule has 13 heteroatoms. The van der Waals surface area contributed by atoms with E-state index in [2.05, 4.69) is 10.6 Å². The number of amides is 4. The SMILES string of the molecule is O=C(N[C@H]1CCCCC/C=C\[C@H]2C[C@@]2(C(=O)O)NC(=O)[C@@H]2C[C@@H](OC(=O)N3Cc4ccccc4C3)CN2C1=O)O[C@H]1CCOC1. The summed E-state index contributed by atoms with van der Waals surface area (Å²) in [5, 5.41) is 15.5. The average molecular weight is 625 g/mol. The number of hydrogen-bond donors (Lipinski definition) is 3. The minimum absolute atomic E-state index is 0.00309. The van der Waals surface area contributed by atoms with Crippen LogP contribution in [-0.2, 0) is 41.7 Å². The second-order valence-electron chi connectivity index (χ2n) is 12.6. The van der Waals surface area contributed by atoms with Crippen molar-refractivity contribution in [3.63, 3.8) is 0 Å². The van der Waals surface area contributed by atoms with Crippen molar-refractivity contribution in [2.24, 2.45) is 5.92 Å². The van der Waals surface area contributed by atoms with E-state index in [1.807, 2.05) is 36.4 Å². The molecule has 1 aliphatic carbocycles. The van der Waals surface area contributed by atoms with Gasteiger partial charge in [-0.05, 0) is 36.8 Å². The van der Waals surface area contributed by atoms with Crippen molar-refractivity contribution >= 4 is 30.0 Å². The minimum Gasteiger partial charge on any atom is -0.479 e. The van der Waals surface area contributed by atoms with Gasteiger partial charge in [0.15, 0.2) is 0 Å². The number of carboxylic acid groups (broad SMARTS) is 1. The van der Waals surface area contributed by atoms with E-state index in [0.717, 1.165) is 30.4 Å². The van der Waals surface area contributed by atoms with E-state index in [0.29, 0.717) is 39.0 Å². The number of ether oxygens (including phenoxy) is 3. The first-order valence-electron chi connectivity index (χ1n) is 15.8. The molecule has 6 rings (SSSR count). The predicted molar refractivity (Wildman–Crippen MR) is 158 cm³/mol. The topological polar surface area (TPSA) is 164 Å². The third-order valence-electron chi connectivity index (χ3n) is 9.44. The maximum Gasteiger partial charge on any atom is 0.410 e. The van der Waals surface area contributed by atoms with E-state index in [-0.39, 0.29) is 31.9 Å². The van der Waals surface area contributed by atoms with Gasteiger partial charge >= 0.3 is 18.2 Å². The Morgan fingerprint density at radius 1 is 1.02 bits per heavy atom. The van der Waals surface area contributed by atoms with Gasteiger partial charge in [-0.25, -0.2) is 14.4 Å². The number of fused-ring (bicyclic) bond motifs is 3. The number of carbonyl (C=O) groups excluding carboxylic acids is 4. The van der Waals surface area contributed by atoms with Crippen LogP contribution in [-0.4, -0.2) is 94.5 Å². The molecule has 0 aromatic heterocycles. The highest BCUT2D eigenvalue weighted by molar-refractivity contribution is 5.96. The Hall–Kier alpha value is -4.13. The molecular formula is C32H40N4O9. The van der Waals surface area contributed by atoms with Crippen LogP contribution >= 0.6 is 0 Å². The molecule has 0 unspecified atom stereocenters. The lowest BCUT2D eigenvalue weighted by molar-refractivity contribution is -0.145. The van der Waals surface area contributed by atoms with Crippen LogP contribution in [0, 0.1) is 5.92 Å². The molecule has 1 saturated carbocycles. The first-order valence-corrected chi connectivity index (χ1v) is 15.8. The smallest absolute Gasteiger partial charge is 0.410 e. The van der Waals surface area contributed by atoms with Gasteiger partial charge in [0.25, 0.3) is 0 Å². The fraction of sp³-hybridized carbons (Fsp3) is 0.594. The van der Waals surface area contributed by atoms with Gasteiger partial charge in [-0.3, -0.25) is 14.5 Å². The van der Waals surface area contributed by atoms with Crippen LogP contribution in [0.1, 0.15) is 62.5 Å². The van der Waals surface area contributed by atoms with Crippen LogP contribution in [0.15, 0.2) is 36.4 Å². The number of carbonyl (C=O) groups is 5. The van der Waals surface area contributed by atoms with Gasteiger partial charge in [0, 0.05) is 31.8 Å². The van der Waals surface area contributed by atoms with Crippen molar-refractivity contribution in [2.75, 3.05) is 19.8 Å². The number of rotatable bonds is 4. The van der Waals surface area contributed by atoms with Crippen LogP contribution in [0.2, 0.25) is 0 Å². The van der Waals surface area contributed by atoms with E-state index in [1.165, 1.54) is 4.90 Å². The Bertz CT molecular complexity index is 1340. The van der Waals surface area contributed by atoms with E-state index >= 15 is 0 Å². The van der Waals surface area contributed by atoms with Crippen molar-refractivity contribution in [3.05, 3.63) is 47.5 Å². The molecule has 45 heavy (non-hydrogen) atoms. The van der Waals surface area contributed by atoms with Crippen LogP contribution in [0.25, 0.3) is 0 Å². The summed E-state index contributed by atoms with van der Waals surface area (Å²) in [6.07, 6.45) is 5.39. The summed E-state index contributed by atoms with van der Waals surface area (Å²) in [7, 11) is 0. The highest BCUT2D eigenvalue weighted by Crippen LogP contribution is 2.45. The molecule has 0 bridgehead atoms. The molecule has 5 aliphatic rings. The highest BCUT2D eigenvalue weighted by Gasteiger charge is 2.61. The van der Waals surface area contributed by atoms with Gasteiger partial charge in [-0.2, -0.15) is 0 Å². The molecule has 2 saturated heterocycles. The summed E-state index contributed by atoms with van der Waals surface area (Å²) < 4.78 is 16.6. The lowest BCUT2D eigenvalue weighted by Gasteiger charge is -2.29. The molecule has 4 amide bonds. The fourth-order valence-corrected chi connectivity index (χ4v) is 6.76. The van der Waals surface area contributed by atoms with Gasteiger partial charge in [0.1, 0.15) is 29.8 Å². The number of aliphatic carboxylic acids is 1. The quantitative estimate of drug-likeness (QED) is 0.427. The van der Waals surface area contributed by atoms with Gasteiger partial charge < -0.3 is 34.9 Å². The van der Waals surface area contributed by atoms with Crippen molar-refractivity contribution < 1.29 is 43.3 Å². The Morgan fingerprint density at radius 2 is 1.80 bits per heavy atom. The summed E-state index contributed by atoms with van der Waals surface area (Å²) >= 11 is 0. The number of hydrogen-bond acceptors (Lipinski definition) is 8. The molecule has 13 nitrogen and oxygen atoms in total. The summed E-state index contributed by atoms with van der Waals surface area (Å²) in [5.41, 5.74) is 0.601. The summed E-state index contributed by atoms with van der Waals surface area (Å²) in [5.74, 6) is -2.64. The van der Waals surface area contributed by atoms with E-state index in [4.69, 9.17) is 14.2 Å². The van der Waals surface area contributed by atoms with Crippen molar-refractivity contribution in [2.45, 2.75) is 94.3 Å². The summed E-state index contributed by atoms with van der Waals surface area (Å²) in [6.45, 7) is 1.49.